The first-order valence-corrected chi connectivity index (χ1v) is 5.15. The maximum Gasteiger partial charge on any atom is 2.00 e. The average molecular weight is 404 g/mol. The molecule has 0 bridgehead atoms. The molecule has 94 valence electrons. The zero-order chi connectivity index (χ0) is 11.6. The second kappa shape index (κ2) is 10.0. The molecule has 17 heavy (non-hydrogen) atoms. The van der Waals surface area contributed by atoms with Crippen LogP contribution in [-0.2, 0) is 27.5 Å². The van der Waals surface area contributed by atoms with Crippen LogP contribution in [0.5, 0.6) is 0 Å². The van der Waals surface area contributed by atoms with E-state index in [1.165, 1.54) is 5.56 Å². The summed E-state index contributed by atoms with van der Waals surface area (Å²) in [4.78, 5) is 1.87. The summed E-state index contributed by atoms with van der Waals surface area (Å²) in [5.74, 6) is 0. The third kappa shape index (κ3) is 7.69. The first-order valence-electron chi connectivity index (χ1n) is 5.15. The quantitative estimate of drug-likeness (QED) is 0.257. The molecule has 0 amide bonds. The van der Waals surface area contributed by atoms with Crippen molar-refractivity contribution in [3.05, 3.63) is 35.9 Å². The molecular formula is C12H20N4W. The van der Waals surface area contributed by atoms with Gasteiger partial charge in [-0.1, -0.05) is 30.3 Å². The number of hydrogen-bond donors (Lipinski definition) is 1. The summed E-state index contributed by atoms with van der Waals surface area (Å²) >= 11 is 0. The molecule has 0 aliphatic carbocycles. The van der Waals surface area contributed by atoms with Crippen molar-refractivity contribution in [1.29, 1.82) is 0 Å². The molecule has 1 aromatic carbocycles. The molecule has 1 rings (SSSR count). The topological polar surface area (TPSA) is 40.0 Å². The fourth-order valence-corrected chi connectivity index (χ4v) is 1.17. The maximum absolute atomic E-state index is 3.70. The van der Waals surface area contributed by atoms with Crippen LogP contribution >= 0.6 is 0 Å². The summed E-state index contributed by atoms with van der Waals surface area (Å²) in [6.45, 7) is 0.864. The maximum atomic E-state index is 3.70. The Morgan fingerprint density at radius 3 is 2.65 bits per heavy atom. The van der Waals surface area contributed by atoms with Crippen LogP contribution in [-0.4, -0.2) is 38.2 Å². The van der Waals surface area contributed by atoms with Gasteiger partial charge in [-0.05, 0) is 32.6 Å². The van der Waals surface area contributed by atoms with Crippen molar-refractivity contribution in [2.75, 3.05) is 20.6 Å². The number of benzene rings is 1. The van der Waals surface area contributed by atoms with E-state index >= 15 is 0 Å². The van der Waals surface area contributed by atoms with E-state index in [1.54, 1.807) is 7.05 Å². The van der Waals surface area contributed by atoms with E-state index < -0.39 is 0 Å². The molecule has 0 spiro atoms. The molecule has 1 aromatic rings. The van der Waals surface area contributed by atoms with Gasteiger partial charge in [0.1, 0.15) is 0 Å². The molecule has 0 fully saturated rings. The fraction of sp³-hybridized carbons (Fsp3) is 0.333. The predicted molar refractivity (Wildman–Crippen MR) is 70.9 cm³/mol. The van der Waals surface area contributed by atoms with Gasteiger partial charge in [0.2, 0.25) is 0 Å². The van der Waals surface area contributed by atoms with Crippen LogP contribution in [0, 0.1) is 0 Å². The predicted octanol–water partition coefficient (Wildman–Crippen LogP) is 1.60. The Kier molecular flexibility index (Phi) is 9.35. The van der Waals surface area contributed by atoms with Gasteiger partial charge in [-0.2, -0.15) is 0 Å². The third-order valence-corrected chi connectivity index (χ3v) is 2.01. The van der Waals surface area contributed by atoms with E-state index in [4.69, 9.17) is 0 Å². The second-order valence-electron chi connectivity index (χ2n) is 3.32. The van der Waals surface area contributed by atoms with E-state index in [-0.39, 0.29) is 23.9 Å². The van der Waals surface area contributed by atoms with E-state index in [0.29, 0.717) is 0 Å². The molecule has 5 heteroatoms. The summed E-state index contributed by atoms with van der Waals surface area (Å²) in [5.41, 5.74) is 1.31. The smallest absolute Gasteiger partial charge is 0.551 e. The molecule has 0 saturated carbocycles. The zero-order valence-electron chi connectivity index (χ0n) is 10.1. The van der Waals surface area contributed by atoms with Crippen molar-refractivity contribution < 1.29 is 23.9 Å². The minimum atomic E-state index is 0. The van der Waals surface area contributed by atoms with Crippen LogP contribution in [0.25, 0.3) is 0 Å². The van der Waals surface area contributed by atoms with Crippen molar-refractivity contribution in [2.24, 2.45) is 10.2 Å². The molecule has 0 saturated heterocycles. The molecule has 0 aliphatic rings. The Morgan fingerprint density at radius 1 is 1.29 bits per heavy atom. The number of nitrogens with one attached hydrogen (secondary N) is 1. The van der Waals surface area contributed by atoms with Gasteiger partial charge in [0.25, 0.3) is 0 Å². The first-order chi connectivity index (χ1) is 7.83. The monoisotopic (exact) mass is 404 g/mol. The van der Waals surface area contributed by atoms with Gasteiger partial charge in [-0.3, -0.25) is 12.7 Å². The van der Waals surface area contributed by atoms with Crippen LogP contribution < -0.4 is 5.32 Å². The summed E-state index contributed by atoms with van der Waals surface area (Å²) in [6, 6.07) is 10.3. The van der Waals surface area contributed by atoms with Crippen molar-refractivity contribution in [1.82, 2.24) is 10.2 Å². The van der Waals surface area contributed by atoms with Crippen LogP contribution in [0.3, 0.4) is 0 Å². The Bertz CT molecular complexity index is 347. The number of nitrogens with zero attached hydrogens (tertiary/aromatic N) is 3. The zero-order valence-corrected chi connectivity index (χ0v) is 13.0. The van der Waals surface area contributed by atoms with Crippen LogP contribution in [0.1, 0.15) is 8.42 Å². The Balaban J connectivity index is -0.000000853. The van der Waals surface area contributed by atoms with Crippen molar-refractivity contribution in [3.8, 4) is 0 Å². The van der Waals surface area contributed by atoms with E-state index in [1.807, 2.05) is 30.1 Å². The summed E-state index contributed by atoms with van der Waals surface area (Å²) in [7, 11) is 3.64. The SMILES string of the molecule is CN[C-]=NN=[C-]N(C)CCc1ccccc1.[HH].[HH].[W+2]. The van der Waals surface area contributed by atoms with Crippen molar-refractivity contribution in [2.45, 2.75) is 6.42 Å². The van der Waals surface area contributed by atoms with Crippen LogP contribution in [0.4, 0.5) is 0 Å². The largest absolute Gasteiger partial charge is 2.00 e. The van der Waals surface area contributed by atoms with E-state index in [0.717, 1.165) is 13.0 Å². The van der Waals surface area contributed by atoms with Crippen LogP contribution in [0.2, 0.25) is 0 Å². The molecule has 0 aromatic heterocycles. The fourth-order valence-electron chi connectivity index (χ4n) is 1.17. The normalized spacial score (nSPS) is 10.5. The molecule has 4 nitrogen and oxygen atoms in total. The Morgan fingerprint density at radius 2 is 2.00 bits per heavy atom. The van der Waals surface area contributed by atoms with Gasteiger partial charge < -0.3 is 20.4 Å². The average Bonchev–Trinajstić information content (AvgIpc) is 2.33. The van der Waals surface area contributed by atoms with Gasteiger partial charge >= 0.3 is 21.1 Å². The Hall–Kier alpha value is -1.15. The summed E-state index contributed by atoms with van der Waals surface area (Å²) < 4.78 is 0. The Labute approximate surface area is 120 Å². The minimum absolute atomic E-state index is 0. The van der Waals surface area contributed by atoms with Crippen molar-refractivity contribution >= 4 is 12.7 Å². The van der Waals surface area contributed by atoms with E-state index in [2.05, 4.69) is 40.3 Å². The van der Waals surface area contributed by atoms with Gasteiger partial charge in [0.05, 0.1) is 0 Å². The van der Waals surface area contributed by atoms with E-state index in [9.17, 15) is 0 Å². The molecular weight excluding hydrogens is 384 g/mol. The number of likely N-dealkylation sites (N-methyl/N-ethyl adjacent to an activating group) is 1. The van der Waals surface area contributed by atoms with Crippen LogP contribution in [0.15, 0.2) is 40.5 Å². The van der Waals surface area contributed by atoms with Gasteiger partial charge in [-0.15, -0.1) is 0 Å². The molecule has 0 heterocycles. The molecule has 1 N–H and O–H groups in total. The van der Waals surface area contributed by atoms with Gasteiger partial charge in [0.15, 0.2) is 0 Å². The minimum Gasteiger partial charge on any atom is -0.551 e. The molecule has 0 radical (unpaired) electrons. The second-order valence-corrected chi connectivity index (χ2v) is 3.32. The molecule has 0 unspecified atom stereocenters. The standard InChI is InChI=1S/C12H16N4.W.2H2/c1-13-10-14-15-11-16(2)9-8-12-6-4-3-5-7-12;;;/h3-7H,8-9H2,1-2H3,(H,13,14);;2*1H/q-2;+2;;. The first kappa shape index (κ1) is 15.8. The molecule has 0 aliphatic heterocycles. The van der Waals surface area contributed by atoms with Gasteiger partial charge in [0, 0.05) is 2.85 Å². The number of hydrogen-bond acceptors (Lipinski definition) is 2. The summed E-state index contributed by atoms with van der Waals surface area (Å²) in [6.07, 6.45) is 6.24. The van der Waals surface area contributed by atoms with Gasteiger partial charge in [-0.25, -0.2) is 0 Å². The third-order valence-electron chi connectivity index (χ3n) is 2.01. The summed E-state index contributed by atoms with van der Waals surface area (Å²) in [5, 5.41) is 9.93. The van der Waals surface area contributed by atoms with Crippen molar-refractivity contribution in [3.63, 3.8) is 0 Å². The molecule has 0 atom stereocenters. The number of rotatable bonds is 6.